The molecule has 0 saturated heterocycles. The number of carbonyl (C=O) groups excluding carboxylic acids is 1. The number of benzene rings is 2. The molecule has 1 heterocycles. The summed E-state index contributed by atoms with van der Waals surface area (Å²) in [5.41, 5.74) is 3.05. The maximum atomic E-state index is 13.3. The van der Waals surface area contributed by atoms with Gasteiger partial charge in [-0.05, 0) is 61.9 Å². The fourth-order valence-corrected chi connectivity index (χ4v) is 4.96. The van der Waals surface area contributed by atoms with E-state index in [0.29, 0.717) is 16.8 Å². The fraction of sp³-hybridized carbons (Fsp3) is 0.250. The van der Waals surface area contributed by atoms with E-state index in [1.165, 1.54) is 18.2 Å². The number of nitrogens with one attached hydrogen (secondary N) is 1. The quantitative estimate of drug-likeness (QED) is 0.303. The van der Waals surface area contributed by atoms with Crippen molar-refractivity contribution in [3.05, 3.63) is 77.7 Å². The molecule has 8 nitrogen and oxygen atoms in total. The van der Waals surface area contributed by atoms with E-state index >= 15 is 0 Å². The molecule has 0 radical (unpaired) electrons. The molecule has 0 spiro atoms. The van der Waals surface area contributed by atoms with Crippen LogP contribution in [0.5, 0.6) is 0 Å². The SMILES string of the molecule is CCOP(=O)(OCC)C(O)c1ccc(NC(=O)C=Cc2cnn(C)c2-c2ccc(F)cc2)cc1. The summed E-state index contributed by atoms with van der Waals surface area (Å²) in [4.78, 5) is 12.4. The second-order valence-electron chi connectivity index (χ2n) is 7.27. The molecular formula is C24H27FN3O5P. The van der Waals surface area contributed by atoms with Crippen molar-refractivity contribution in [2.45, 2.75) is 19.7 Å². The first kappa shape index (κ1) is 25.5. The third-order valence-corrected chi connectivity index (χ3v) is 7.03. The number of anilines is 1. The number of carbonyl (C=O) groups is 1. The predicted octanol–water partition coefficient (Wildman–Crippen LogP) is 5.14. The van der Waals surface area contributed by atoms with Crippen LogP contribution >= 0.6 is 7.60 Å². The van der Waals surface area contributed by atoms with E-state index in [4.69, 9.17) is 9.05 Å². The number of hydrogen-bond acceptors (Lipinski definition) is 6. The molecule has 1 aromatic heterocycles. The Morgan fingerprint density at radius 3 is 2.35 bits per heavy atom. The van der Waals surface area contributed by atoms with E-state index < -0.39 is 13.4 Å². The highest BCUT2D eigenvalue weighted by Gasteiger charge is 2.35. The first-order chi connectivity index (χ1) is 16.3. The van der Waals surface area contributed by atoms with Crippen molar-refractivity contribution in [3.8, 4) is 11.3 Å². The monoisotopic (exact) mass is 487 g/mol. The molecule has 2 aromatic carbocycles. The second kappa shape index (κ2) is 11.4. The first-order valence-corrected chi connectivity index (χ1v) is 12.3. The van der Waals surface area contributed by atoms with Gasteiger partial charge in [-0.25, -0.2) is 4.39 Å². The molecule has 3 aromatic rings. The third kappa shape index (κ3) is 6.07. The van der Waals surface area contributed by atoms with E-state index in [2.05, 4.69) is 10.4 Å². The van der Waals surface area contributed by atoms with Gasteiger partial charge in [0.05, 0.1) is 25.1 Å². The van der Waals surface area contributed by atoms with Crippen molar-refractivity contribution in [1.29, 1.82) is 0 Å². The summed E-state index contributed by atoms with van der Waals surface area (Å²) in [7, 11) is -1.96. The highest BCUT2D eigenvalue weighted by molar-refractivity contribution is 7.54. The fourth-order valence-electron chi connectivity index (χ4n) is 3.35. The Balaban J connectivity index is 1.69. The molecule has 0 aliphatic heterocycles. The van der Waals surface area contributed by atoms with Crippen LogP contribution in [0.25, 0.3) is 17.3 Å². The minimum absolute atomic E-state index is 0.134. The summed E-state index contributed by atoms with van der Waals surface area (Å²) in [5, 5.41) is 17.4. The molecule has 34 heavy (non-hydrogen) atoms. The van der Waals surface area contributed by atoms with Crippen LogP contribution in [-0.4, -0.2) is 34.0 Å². The lowest BCUT2D eigenvalue weighted by Crippen LogP contribution is -2.09. The number of amides is 1. The largest absolute Gasteiger partial charge is 0.376 e. The molecule has 0 bridgehead atoms. The van der Waals surface area contributed by atoms with Crippen molar-refractivity contribution in [2.75, 3.05) is 18.5 Å². The highest BCUT2D eigenvalue weighted by Crippen LogP contribution is 2.59. The van der Waals surface area contributed by atoms with Gasteiger partial charge < -0.3 is 19.5 Å². The summed E-state index contributed by atoms with van der Waals surface area (Å²) in [6, 6.07) is 12.3. The highest BCUT2D eigenvalue weighted by atomic mass is 31.2. The standard InChI is InChI=1S/C24H27FN3O5P/c1-4-32-34(31,33-5-2)24(30)18-8-13-21(14-9-18)27-22(29)15-10-19-16-26-28(3)23(19)17-6-11-20(25)12-7-17/h6-16,24,30H,4-5H2,1-3H3,(H,27,29). The van der Waals surface area contributed by atoms with Gasteiger partial charge in [0.15, 0.2) is 5.85 Å². The summed E-state index contributed by atoms with van der Waals surface area (Å²) in [6.07, 6.45) is 4.61. The third-order valence-electron chi connectivity index (χ3n) is 4.89. The van der Waals surface area contributed by atoms with Crippen molar-refractivity contribution >= 4 is 25.3 Å². The van der Waals surface area contributed by atoms with Gasteiger partial charge in [-0.3, -0.25) is 14.0 Å². The average molecular weight is 487 g/mol. The van der Waals surface area contributed by atoms with Crippen LogP contribution in [0.15, 0.2) is 60.8 Å². The zero-order valence-corrected chi connectivity index (χ0v) is 20.0. The topological polar surface area (TPSA) is 103 Å². The smallest absolute Gasteiger partial charge is 0.363 e. The first-order valence-electron chi connectivity index (χ1n) is 10.7. The summed E-state index contributed by atoms with van der Waals surface area (Å²) < 4.78 is 38.0. The molecule has 1 unspecified atom stereocenters. The lowest BCUT2D eigenvalue weighted by Gasteiger charge is -2.22. The average Bonchev–Trinajstić information content (AvgIpc) is 3.19. The Hall–Kier alpha value is -3.10. The van der Waals surface area contributed by atoms with Crippen LogP contribution in [0.4, 0.5) is 10.1 Å². The lowest BCUT2D eigenvalue weighted by atomic mass is 10.1. The van der Waals surface area contributed by atoms with Gasteiger partial charge in [0, 0.05) is 29.9 Å². The van der Waals surface area contributed by atoms with Crippen LogP contribution in [0, 0.1) is 5.82 Å². The predicted molar refractivity (Wildman–Crippen MR) is 129 cm³/mol. The van der Waals surface area contributed by atoms with Crippen molar-refractivity contribution in [3.63, 3.8) is 0 Å². The van der Waals surface area contributed by atoms with Gasteiger partial charge >= 0.3 is 7.60 Å². The Kier molecular flexibility index (Phi) is 8.52. The van der Waals surface area contributed by atoms with Gasteiger partial charge in [0.2, 0.25) is 5.91 Å². The maximum Gasteiger partial charge on any atom is 0.363 e. The maximum absolute atomic E-state index is 13.3. The molecule has 10 heteroatoms. The van der Waals surface area contributed by atoms with E-state index in [1.54, 1.807) is 74.2 Å². The van der Waals surface area contributed by atoms with Crippen molar-refractivity contribution in [1.82, 2.24) is 9.78 Å². The Morgan fingerprint density at radius 2 is 1.76 bits per heavy atom. The molecule has 0 aliphatic rings. The number of aliphatic hydroxyl groups excluding tert-OH is 1. The number of aromatic nitrogens is 2. The number of hydrogen-bond donors (Lipinski definition) is 2. The lowest BCUT2D eigenvalue weighted by molar-refractivity contribution is -0.111. The van der Waals surface area contributed by atoms with Gasteiger partial charge in [-0.1, -0.05) is 12.1 Å². The molecule has 1 atom stereocenters. The van der Waals surface area contributed by atoms with E-state index in [1.807, 2.05) is 0 Å². The van der Waals surface area contributed by atoms with Gasteiger partial charge in [-0.2, -0.15) is 5.10 Å². The zero-order valence-electron chi connectivity index (χ0n) is 19.1. The van der Waals surface area contributed by atoms with Gasteiger partial charge in [-0.15, -0.1) is 0 Å². The minimum atomic E-state index is -3.72. The number of nitrogens with zero attached hydrogens (tertiary/aromatic N) is 2. The Bertz CT molecular complexity index is 1180. The normalized spacial score (nSPS) is 12.7. The number of rotatable bonds is 10. The molecular weight excluding hydrogens is 460 g/mol. The Morgan fingerprint density at radius 1 is 1.15 bits per heavy atom. The summed E-state index contributed by atoms with van der Waals surface area (Å²) >= 11 is 0. The van der Waals surface area contributed by atoms with Gasteiger partial charge in [0.1, 0.15) is 5.82 Å². The van der Waals surface area contributed by atoms with Gasteiger partial charge in [0.25, 0.3) is 0 Å². The molecule has 0 fully saturated rings. The molecule has 1 amide bonds. The van der Waals surface area contributed by atoms with Crippen LogP contribution in [0.1, 0.15) is 30.8 Å². The van der Waals surface area contributed by atoms with E-state index in [0.717, 1.165) is 11.3 Å². The molecule has 0 saturated carbocycles. The van der Waals surface area contributed by atoms with Crippen LogP contribution in [0.3, 0.4) is 0 Å². The summed E-state index contributed by atoms with van der Waals surface area (Å²) in [5.74, 6) is -2.15. The van der Waals surface area contributed by atoms with Crippen LogP contribution in [0.2, 0.25) is 0 Å². The van der Waals surface area contributed by atoms with Crippen molar-refractivity contribution in [2.24, 2.45) is 7.05 Å². The molecule has 180 valence electrons. The minimum Gasteiger partial charge on any atom is -0.376 e. The van der Waals surface area contributed by atoms with Crippen LogP contribution < -0.4 is 5.32 Å². The number of aryl methyl sites for hydroxylation is 1. The summed E-state index contributed by atoms with van der Waals surface area (Å²) in [6.45, 7) is 3.60. The van der Waals surface area contributed by atoms with Crippen molar-refractivity contribution < 1.29 is 27.9 Å². The van der Waals surface area contributed by atoms with Crippen LogP contribution in [-0.2, 0) is 25.5 Å². The zero-order chi connectivity index (χ0) is 24.7. The molecule has 3 rings (SSSR count). The Labute approximate surface area is 197 Å². The molecule has 0 aliphatic carbocycles. The second-order valence-corrected chi connectivity index (χ2v) is 9.36. The number of aliphatic hydroxyl groups is 1. The number of halogens is 1. The molecule has 2 N–H and O–H groups in total. The van der Waals surface area contributed by atoms with E-state index in [-0.39, 0.29) is 24.9 Å². The van der Waals surface area contributed by atoms with E-state index in [9.17, 15) is 18.9 Å².